The van der Waals surface area contributed by atoms with Crippen molar-refractivity contribution in [2.45, 2.75) is 24.5 Å². The highest BCUT2D eigenvalue weighted by Gasteiger charge is 2.20. The standard InChI is InChI=1S/C21H22FN5O2S/c1-14(23-20(29)16-10-6-7-11-17(16)22)19-25-26-21(27(19)2)30-13-12-18(28)24-15-8-4-3-5-9-15/h3-11,14H,12-13H2,1-2H3,(H,23,29)(H,24,28). The van der Waals surface area contributed by atoms with Gasteiger partial charge in [0, 0.05) is 24.9 Å². The van der Waals surface area contributed by atoms with Crippen LogP contribution in [-0.2, 0) is 11.8 Å². The summed E-state index contributed by atoms with van der Waals surface area (Å²) in [4.78, 5) is 24.3. The van der Waals surface area contributed by atoms with Gasteiger partial charge in [-0.1, -0.05) is 42.1 Å². The van der Waals surface area contributed by atoms with E-state index in [4.69, 9.17) is 0 Å². The molecule has 0 bridgehead atoms. The summed E-state index contributed by atoms with van der Waals surface area (Å²) < 4.78 is 15.5. The number of hydrogen-bond donors (Lipinski definition) is 2. The monoisotopic (exact) mass is 427 g/mol. The molecule has 0 aliphatic rings. The lowest BCUT2D eigenvalue weighted by Gasteiger charge is -2.14. The van der Waals surface area contributed by atoms with E-state index in [0.717, 1.165) is 5.69 Å². The Bertz CT molecular complexity index is 1030. The minimum atomic E-state index is -0.579. The second-order valence-electron chi connectivity index (χ2n) is 6.59. The van der Waals surface area contributed by atoms with Gasteiger partial charge in [-0.2, -0.15) is 0 Å². The Morgan fingerprint density at radius 1 is 1.10 bits per heavy atom. The fourth-order valence-corrected chi connectivity index (χ4v) is 3.65. The highest BCUT2D eigenvalue weighted by molar-refractivity contribution is 7.99. The topological polar surface area (TPSA) is 88.9 Å². The van der Waals surface area contributed by atoms with E-state index >= 15 is 0 Å². The quantitative estimate of drug-likeness (QED) is 0.537. The van der Waals surface area contributed by atoms with Gasteiger partial charge in [-0.15, -0.1) is 10.2 Å². The van der Waals surface area contributed by atoms with E-state index in [0.29, 0.717) is 23.2 Å². The highest BCUT2D eigenvalue weighted by Crippen LogP contribution is 2.20. The van der Waals surface area contributed by atoms with Crippen LogP contribution >= 0.6 is 11.8 Å². The van der Waals surface area contributed by atoms with Gasteiger partial charge in [0.05, 0.1) is 11.6 Å². The summed E-state index contributed by atoms with van der Waals surface area (Å²) in [5.41, 5.74) is 0.735. The number of aromatic nitrogens is 3. The molecule has 2 amide bonds. The van der Waals surface area contributed by atoms with Crippen LogP contribution in [0.4, 0.5) is 10.1 Å². The van der Waals surface area contributed by atoms with Crippen LogP contribution in [0.15, 0.2) is 59.8 Å². The van der Waals surface area contributed by atoms with Gasteiger partial charge >= 0.3 is 0 Å². The molecular weight excluding hydrogens is 405 g/mol. The number of carbonyl (C=O) groups is 2. The Hall–Kier alpha value is -3.20. The molecule has 30 heavy (non-hydrogen) atoms. The first-order chi connectivity index (χ1) is 14.5. The second-order valence-corrected chi connectivity index (χ2v) is 7.65. The fourth-order valence-electron chi connectivity index (χ4n) is 2.79. The Kier molecular flexibility index (Phi) is 7.18. The van der Waals surface area contributed by atoms with Gasteiger partial charge in [0.2, 0.25) is 5.91 Å². The van der Waals surface area contributed by atoms with E-state index in [1.807, 2.05) is 30.3 Å². The van der Waals surface area contributed by atoms with Crippen LogP contribution < -0.4 is 10.6 Å². The second kappa shape index (κ2) is 10.0. The van der Waals surface area contributed by atoms with E-state index in [1.54, 1.807) is 24.6 Å². The van der Waals surface area contributed by atoms with Gasteiger partial charge in [-0.05, 0) is 31.2 Å². The fraction of sp³-hybridized carbons (Fsp3) is 0.238. The third-order valence-electron chi connectivity index (χ3n) is 4.34. The SMILES string of the molecule is CC(NC(=O)c1ccccc1F)c1nnc(SCCC(=O)Nc2ccccc2)n1C. The number of hydrogen-bond acceptors (Lipinski definition) is 5. The average Bonchev–Trinajstić information content (AvgIpc) is 3.09. The summed E-state index contributed by atoms with van der Waals surface area (Å²) >= 11 is 1.40. The molecule has 0 aliphatic carbocycles. The van der Waals surface area contributed by atoms with Crippen molar-refractivity contribution in [1.82, 2.24) is 20.1 Å². The molecule has 0 fully saturated rings. The third-order valence-corrected chi connectivity index (χ3v) is 5.36. The van der Waals surface area contributed by atoms with Crippen molar-refractivity contribution in [2.75, 3.05) is 11.1 Å². The zero-order valence-corrected chi connectivity index (χ0v) is 17.4. The molecule has 9 heteroatoms. The molecular formula is C21H22FN5O2S. The maximum Gasteiger partial charge on any atom is 0.254 e. The lowest BCUT2D eigenvalue weighted by molar-refractivity contribution is -0.115. The molecule has 1 unspecified atom stereocenters. The van der Waals surface area contributed by atoms with Crippen molar-refractivity contribution < 1.29 is 14.0 Å². The van der Waals surface area contributed by atoms with Crippen molar-refractivity contribution in [3.8, 4) is 0 Å². The predicted molar refractivity (Wildman–Crippen MR) is 114 cm³/mol. The van der Waals surface area contributed by atoms with Crippen molar-refractivity contribution in [1.29, 1.82) is 0 Å². The number of rotatable bonds is 8. The number of benzene rings is 2. The molecule has 2 N–H and O–H groups in total. The van der Waals surface area contributed by atoms with E-state index in [2.05, 4.69) is 20.8 Å². The normalized spacial score (nSPS) is 11.7. The van der Waals surface area contributed by atoms with Gasteiger partial charge in [0.1, 0.15) is 5.82 Å². The molecule has 1 aromatic heterocycles. The van der Waals surface area contributed by atoms with Gasteiger partial charge in [0.15, 0.2) is 11.0 Å². The van der Waals surface area contributed by atoms with Crippen LogP contribution in [-0.4, -0.2) is 32.3 Å². The van der Waals surface area contributed by atoms with Gasteiger partial charge < -0.3 is 15.2 Å². The van der Waals surface area contributed by atoms with Crippen LogP contribution in [0.3, 0.4) is 0 Å². The molecule has 156 valence electrons. The summed E-state index contributed by atoms with van der Waals surface area (Å²) in [6, 6.07) is 14.6. The van der Waals surface area contributed by atoms with Crippen LogP contribution in [0.2, 0.25) is 0 Å². The number of nitrogens with one attached hydrogen (secondary N) is 2. The van der Waals surface area contributed by atoms with Crippen LogP contribution in [0.25, 0.3) is 0 Å². The minimum absolute atomic E-state index is 0.0226. The average molecular weight is 428 g/mol. The number of thioether (sulfide) groups is 1. The number of para-hydroxylation sites is 1. The Balaban J connectivity index is 1.53. The summed E-state index contributed by atoms with van der Waals surface area (Å²) in [7, 11) is 1.79. The Morgan fingerprint density at radius 3 is 2.53 bits per heavy atom. The number of anilines is 1. The van der Waals surface area contributed by atoms with E-state index in [1.165, 1.54) is 30.0 Å². The van der Waals surface area contributed by atoms with E-state index in [-0.39, 0.29) is 11.5 Å². The zero-order valence-electron chi connectivity index (χ0n) is 16.6. The number of nitrogens with zero attached hydrogens (tertiary/aromatic N) is 3. The summed E-state index contributed by atoms with van der Waals surface area (Å²) in [5.74, 6) is -0.112. The first kappa shape index (κ1) is 21.5. The minimum Gasteiger partial charge on any atom is -0.342 e. The molecule has 3 rings (SSSR count). The van der Waals surface area contributed by atoms with E-state index < -0.39 is 17.8 Å². The molecule has 1 atom stereocenters. The molecule has 0 radical (unpaired) electrons. The van der Waals surface area contributed by atoms with Gasteiger partial charge in [-0.3, -0.25) is 9.59 Å². The lowest BCUT2D eigenvalue weighted by atomic mass is 10.2. The molecule has 0 aliphatic heterocycles. The maximum atomic E-state index is 13.8. The first-order valence-electron chi connectivity index (χ1n) is 9.38. The number of halogens is 1. The van der Waals surface area contributed by atoms with Crippen LogP contribution in [0.5, 0.6) is 0 Å². The smallest absolute Gasteiger partial charge is 0.254 e. The summed E-state index contributed by atoms with van der Waals surface area (Å²) in [5, 5.41) is 14.5. The summed E-state index contributed by atoms with van der Waals surface area (Å²) in [6.07, 6.45) is 0.321. The van der Waals surface area contributed by atoms with Crippen LogP contribution in [0.1, 0.15) is 35.6 Å². The van der Waals surface area contributed by atoms with Crippen molar-refractivity contribution >= 4 is 29.3 Å². The largest absolute Gasteiger partial charge is 0.342 e. The van der Waals surface area contributed by atoms with Crippen molar-refractivity contribution in [2.24, 2.45) is 7.05 Å². The molecule has 1 heterocycles. The van der Waals surface area contributed by atoms with Crippen molar-refractivity contribution in [3.63, 3.8) is 0 Å². The molecule has 0 spiro atoms. The third kappa shape index (κ3) is 5.44. The molecule has 2 aromatic carbocycles. The highest BCUT2D eigenvalue weighted by atomic mass is 32.2. The van der Waals surface area contributed by atoms with Crippen LogP contribution in [0, 0.1) is 5.82 Å². The number of amides is 2. The van der Waals surface area contributed by atoms with Crippen molar-refractivity contribution in [3.05, 3.63) is 71.8 Å². The molecule has 3 aromatic rings. The lowest BCUT2D eigenvalue weighted by Crippen LogP contribution is -2.29. The Labute approximate surface area is 178 Å². The first-order valence-corrected chi connectivity index (χ1v) is 10.4. The van der Waals surface area contributed by atoms with E-state index in [9.17, 15) is 14.0 Å². The zero-order chi connectivity index (χ0) is 21.5. The Morgan fingerprint density at radius 2 is 1.80 bits per heavy atom. The maximum absolute atomic E-state index is 13.8. The predicted octanol–water partition coefficient (Wildman–Crippen LogP) is 3.57. The molecule has 0 saturated heterocycles. The summed E-state index contributed by atoms with van der Waals surface area (Å²) in [6.45, 7) is 1.75. The molecule has 0 saturated carbocycles. The van der Waals surface area contributed by atoms with Gasteiger partial charge in [0.25, 0.3) is 5.91 Å². The van der Waals surface area contributed by atoms with Gasteiger partial charge in [-0.25, -0.2) is 4.39 Å². The number of carbonyl (C=O) groups excluding carboxylic acids is 2. The molecule has 7 nitrogen and oxygen atoms in total.